The van der Waals surface area contributed by atoms with Gasteiger partial charge in [-0.1, -0.05) is 145 Å². The first-order valence-corrected chi connectivity index (χ1v) is 12.7. The molecular weight excluding hydrogens is 520 g/mol. The van der Waals surface area contributed by atoms with E-state index in [2.05, 4.69) is 0 Å². The molecule has 0 saturated carbocycles. The Labute approximate surface area is 285 Å². The molecule has 9 rings (SSSR count). The lowest BCUT2D eigenvalue weighted by molar-refractivity contribution is 0.670. The first-order valence-electron chi connectivity index (χ1n) is 25.7. The zero-order valence-electron chi connectivity index (χ0n) is 47.4. The lowest BCUT2D eigenvalue weighted by Crippen LogP contribution is -1.91. The lowest BCUT2D eigenvalue weighted by atomic mass is 9.85. The van der Waals surface area contributed by atoms with E-state index in [0.717, 1.165) is 0 Å². The van der Waals surface area contributed by atoms with Gasteiger partial charge in [0.1, 0.15) is 11.2 Å². The summed E-state index contributed by atoms with van der Waals surface area (Å²) in [5.74, 6) is 0. The van der Waals surface area contributed by atoms with Gasteiger partial charge in [0.2, 0.25) is 0 Å². The van der Waals surface area contributed by atoms with Gasteiger partial charge >= 0.3 is 0 Å². The fourth-order valence-electron chi connectivity index (χ4n) is 5.10. The second-order valence-corrected chi connectivity index (χ2v) is 9.26. The van der Waals surface area contributed by atoms with Crippen molar-refractivity contribution in [2.75, 3.05) is 0 Å². The molecule has 0 atom stereocenters. The number of rotatable bonds is 3. The van der Waals surface area contributed by atoms with Crippen LogP contribution in [-0.4, -0.2) is 0 Å². The largest absolute Gasteiger partial charge is 0.455 e. The third kappa shape index (κ3) is 3.72. The molecule has 0 fully saturated rings. The predicted molar refractivity (Wildman–Crippen MR) is 183 cm³/mol. The van der Waals surface area contributed by atoms with E-state index < -0.39 is 239 Å². The van der Waals surface area contributed by atoms with Gasteiger partial charge in [0.15, 0.2) is 0 Å². The van der Waals surface area contributed by atoms with Crippen molar-refractivity contribution in [1.29, 1.82) is 0 Å². The average Bonchev–Trinajstić information content (AvgIpc) is 3.72. The van der Waals surface area contributed by atoms with Gasteiger partial charge < -0.3 is 4.42 Å². The topological polar surface area (TPSA) is 13.1 Å². The van der Waals surface area contributed by atoms with E-state index in [1.165, 1.54) is 0 Å². The van der Waals surface area contributed by atoms with Crippen LogP contribution in [0.15, 0.2) is 162 Å². The van der Waals surface area contributed by atoms with E-state index in [1.807, 2.05) is 0 Å². The minimum absolute atomic E-state index is 0.375. The molecule has 0 saturated heterocycles. The highest BCUT2D eigenvalue weighted by Crippen LogP contribution is 2.44. The normalized spacial score (nSPS) is 20.2. The molecule has 0 bridgehead atoms. The van der Waals surface area contributed by atoms with Crippen LogP contribution in [0.2, 0.25) is 0 Å². The maximum absolute atomic E-state index is 9.53. The highest BCUT2D eigenvalue weighted by molar-refractivity contribution is 6.21. The third-order valence-electron chi connectivity index (χ3n) is 6.94. The maximum atomic E-state index is 9.53. The van der Waals surface area contributed by atoms with E-state index >= 15 is 0 Å². The third-order valence-corrected chi connectivity index (χ3v) is 6.94. The summed E-state index contributed by atoms with van der Waals surface area (Å²) in [6.07, 6.45) is 0. The molecule has 8 aromatic carbocycles. The summed E-state index contributed by atoms with van der Waals surface area (Å²) in [5.41, 5.74) is -5.52. The highest BCUT2D eigenvalue weighted by atomic mass is 16.3. The highest BCUT2D eigenvalue weighted by Gasteiger charge is 2.17. The van der Waals surface area contributed by atoms with Crippen LogP contribution < -0.4 is 0 Å². The average molecular weight is 573 g/mol. The summed E-state index contributed by atoms with van der Waals surface area (Å²) in [5, 5.41) is -4.84. The van der Waals surface area contributed by atoms with E-state index in [-0.39, 0.29) is 5.39 Å². The van der Waals surface area contributed by atoms with Crippen LogP contribution >= 0.6 is 0 Å². The smallest absolute Gasteiger partial charge is 0.143 e. The molecule has 0 spiro atoms. The van der Waals surface area contributed by atoms with E-state index in [9.17, 15) is 13.7 Å². The van der Waals surface area contributed by atoms with Crippen LogP contribution in [0, 0.1) is 0 Å². The van der Waals surface area contributed by atoms with Crippen molar-refractivity contribution >= 4 is 54.3 Å². The summed E-state index contributed by atoms with van der Waals surface area (Å²) in [6, 6.07) is -23.3. The summed E-state index contributed by atoms with van der Waals surface area (Å²) in [6.45, 7) is 0. The molecule has 0 unspecified atom stereocenters. The van der Waals surface area contributed by atoms with Gasteiger partial charge in [-0.05, 0) is 72.2 Å². The number of furan rings is 1. The number of hydrogen-bond acceptors (Lipinski definition) is 1. The summed E-state index contributed by atoms with van der Waals surface area (Å²) >= 11 is 0. The van der Waals surface area contributed by atoms with Crippen molar-refractivity contribution in [1.82, 2.24) is 0 Å². The summed E-state index contributed by atoms with van der Waals surface area (Å²) in [7, 11) is 0. The molecule has 0 aliphatic rings. The molecule has 43 heavy (non-hydrogen) atoms. The molecular formula is C42H26O. The zero-order chi connectivity index (χ0) is 51.0. The van der Waals surface area contributed by atoms with Crippen LogP contribution in [0.5, 0.6) is 0 Å². The van der Waals surface area contributed by atoms with Crippen LogP contribution in [0.25, 0.3) is 87.6 Å². The molecule has 0 aliphatic heterocycles. The Hall–Kier alpha value is -5.66. The fraction of sp³-hybridized carbons (Fsp3) is 0. The molecule has 0 N–H and O–H groups in total. The molecule has 200 valence electrons. The van der Waals surface area contributed by atoms with Gasteiger partial charge in [-0.25, -0.2) is 0 Å². The van der Waals surface area contributed by atoms with E-state index in [4.69, 9.17) is 26.3 Å². The first-order chi connectivity index (χ1) is 32.2. The quantitative estimate of drug-likeness (QED) is 0.192. The number of hydrogen-bond donors (Lipinski definition) is 0. The van der Waals surface area contributed by atoms with Crippen LogP contribution in [0.4, 0.5) is 0 Å². The molecule has 1 heteroatoms. The lowest BCUT2D eigenvalue weighted by Gasteiger charge is -2.18. The second kappa shape index (κ2) is 9.44. The summed E-state index contributed by atoms with van der Waals surface area (Å²) < 4.78 is 237. The summed E-state index contributed by atoms with van der Waals surface area (Å²) in [4.78, 5) is 0. The van der Waals surface area contributed by atoms with Crippen LogP contribution in [0.1, 0.15) is 35.6 Å². The SMILES string of the molecule is [2H]c1c([2H])c(-c2c3c([2H])c([2H])c([2H])c([2H])c3c(-c3c([2H])c([2H])c4c([2H])c([2H])c([2H])c([2H])c4c3[2H])c3c([2H])c([2H])c([2H])c([2H])c23)c([2H])c([2H])c1-c1c([2H])c([2H])c([2H])c2c1oc1c([2H])c([2H])c([2H])c([2H])c12. The fourth-order valence-corrected chi connectivity index (χ4v) is 5.10. The maximum Gasteiger partial charge on any atom is 0.143 e. The Morgan fingerprint density at radius 2 is 0.884 bits per heavy atom. The molecule has 9 aromatic rings. The minimum atomic E-state index is -1.06. The van der Waals surface area contributed by atoms with Crippen molar-refractivity contribution in [3.05, 3.63) is 157 Å². The van der Waals surface area contributed by atoms with Crippen LogP contribution in [-0.2, 0) is 0 Å². The first kappa shape index (κ1) is 9.69. The van der Waals surface area contributed by atoms with Gasteiger partial charge in [0.05, 0.1) is 35.6 Å². The Morgan fingerprint density at radius 1 is 0.372 bits per heavy atom. The van der Waals surface area contributed by atoms with E-state index in [0.29, 0.717) is 0 Å². The van der Waals surface area contributed by atoms with Gasteiger partial charge in [-0.2, -0.15) is 0 Å². The molecule has 1 aromatic heterocycles. The van der Waals surface area contributed by atoms with Crippen molar-refractivity contribution < 1.29 is 40.1 Å². The van der Waals surface area contributed by atoms with Gasteiger partial charge in [-0.15, -0.1) is 0 Å². The Bertz CT molecular complexity index is 3860. The standard InChI is InChI=1S/C42H26O/c1-2-11-30-26-31(25-20-27(30)10-1)41-36-15-5-3-13-34(36)40(35-14-4-6-16-37(35)41)29-23-21-28(22-24-29)32-17-9-18-38-33-12-7-8-19-39(33)43-42(32)38/h1-26H/i1D,2D,3D,4D,5D,6D,7D,8D,9D,10D,11D,12D,13D,14D,15D,16D,17D,18D,19D,20D,21D,22D,23D,24D,25D,26D. The van der Waals surface area contributed by atoms with Gasteiger partial charge in [0.25, 0.3) is 0 Å². The zero-order valence-corrected chi connectivity index (χ0v) is 21.4. The Morgan fingerprint density at radius 3 is 1.58 bits per heavy atom. The molecule has 0 amide bonds. The minimum Gasteiger partial charge on any atom is -0.455 e. The van der Waals surface area contributed by atoms with Gasteiger partial charge in [-0.3, -0.25) is 0 Å². The van der Waals surface area contributed by atoms with Crippen molar-refractivity contribution in [3.8, 4) is 33.4 Å². The number of benzene rings is 8. The number of fused-ring (bicyclic) bond motifs is 6. The molecule has 0 radical (unpaired) electrons. The molecule has 0 aliphatic carbocycles. The van der Waals surface area contributed by atoms with Crippen molar-refractivity contribution in [2.45, 2.75) is 0 Å². The number of para-hydroxylation sites is 2. The van der Waals surface area contributed by atoms with Crippen molar-refractivity contribution in [3.63, 3.8) is 0 Å². The second-order valence-electron chi connectivity index (χ2n) is 9.26. The van der Waals surface area contributed by atoms with Crippen LogP contribution in [0.3, 0.4) is 0 Å². The predicted octanol–water partition coefficient (Wildman–Crippen LogP) is 12.0. The Kier molecular flexibility index (Phi) is 2.13. The van der Waals surface area contributed by atoms with Crippen molar-refractivity contribution in [2.24, 2.45) is 0 Å². The van der Waals surface area contributed by atoms with Gasteiger partial charge in [0, 0.05) is 16.3 Å². The molecule has 1 nitrogen and oxygen atoms in total. The van der Waals surface area contributed by atoms with E-state index in [1.54, 1.807) is 0 Å². The Balaban J connectivity index is 1.54. The monoisotopic (exact) mass is 572 g/mol. The molecule has 1 heterocycles.